The molecular formula is C22H27IN6O2. The number of imide groups is 1. The van der Waals surface area contributed by atoms with Crippen molar-refractivity contribution in [1.82, 2.24) is 24.9 Å². The zero-order chi connectivity index (χ0) is 20.8. The summed E-state index contributed by atoms with van der Waals surface area (Å²) in [6.45, 7) is 3.40. The number of hydrogen-bond acceptors (Lipinski definition) is 4. The fourth-order valence-electron chi connectivity index (χ4n) is 5.15. The maximum absolute atomic E-state index is 12.7. The number of nitrogens with zero attached hydrogens (tertiary/aromatic N) is 4. The Kier molecular flexibility index (Phi) is 6.05. The average molecular weight is 534 g/mol. The van der Waals surface area contributed by atoms with Gasteiger partial charge in [0, 0.05) is 32.0 Å². The lowest BCUT2D eigenvalue weighted by Crippen LogP contribution is -2.43. The topological polar surface area (TPSA) is 91.1 Å². The Hall–Kier alpha value is -2.43. The Bertz CT molecular complexity index is 1050. The molecule has 164 valence electrons. The molecule has 1 saturated carbocycles. The van der Waals surface area contributed by atoms with Crippen molar-refractivity contribution < 1.29 is 9.59 Å². The Morgan fingerprint density at radius 2 is 1.87 bits per heavy atom. The molecule has 3 aliphatic rings. The van der Waals surface area contributed by atoms with Gasteiger partial charge in [-0.05, 0) is 37.3 Å². The van der Waals surface area contributed by atoms with Gasteiger partial charge in [0.25, 0.3) is 0 Å². The molecule has 2 aromatic rings. The van der Waals surface area contributed by atoms with E-state index >= 15 is 0 Å². The van der Waals surface area contributed by atoms with Crippen LogP contribution in [0.3, 0.4) is 0 Å². The maximum Gasteiger partial charge on any atom is 0.233 e. The van der Waals surface area contributed by atoms with Crippen molar-refractivity contribution in [3.8, 4) is 0 Å². The van der Waals surface area contributed by atoms with Crippen LogP contribution in [0.4, 0.5) is 0 Å². The van der Waals surface area contributed by atoms with Gasteiger partial charge in [-0.3, -0.25) is 19.5 Å². The lowest BCUT2D eigenvalue weighted by molar-refractivity contribution is -0.140. The van der Waals surface area contributed by atoms with Gasteiger partial charge in [0.2, 0.25) is 11.8 Å². The van der Waals surface area contributed by atoms with Gasteiger partial charge in [0.1, 0.15) is 5.65 Å². The lowest BCUT2D eigenvalue weighted by Gasteiger charge is -2.18. The van der Waals surface area contributed by atoms with Crippen LogP contribution in [0.15, 0.2) is 41.5 Å². The van der Waals surface area contributed by atoms with Crippen molar-refractivity contribution in [3.63, 3.8) is 0 Å². The first kappa shape index (κ1) is 21.8. The number of halogens is 1. The van der Waals surface area contributed by atoms with Crippen molar-refractivity contribution in [2.24, 2.45) is 28.7 Å². The number of imidazole rings is 1. The van der Waals surface area contributed by atoms with Crippen LogP contribution in [-0.4, -0.2) is 52.2 Å². The second kappa shape index (κ2) is 8.60. The number of pyridine rings is 1. The Balaban J connectivity index is 0.00000231. The number of fused-ring (bicyclic) bond motifs is 6. The summed E-state index contributed by atoms with van der Waals surface area (Å²) >= 11 is 0. The van der Waals surface area contributed by atoms with E-state index in [-0.39, 0.29) is 59.5 Å². The van der Waals surface area contributed by atoms with Crippen LogP contribution in [0.25, 0.3) is 5.65 Å². The summed E-state index contributed by atoms with van der Waals surface area (Å²) in [5.74, 6) is 0.825. The second-order valence-corrected chi connectivity index (χ2v) is 8.31. The number of aromatic nitrogens is 2. The summed E-state index contributed by atoms with van der Waals surface area (Å²) in [4.78, 5) is 35.8. The van der Waals surface area contributed by atoms with E-state index < -0.39 is 0 Å². The smallest absolute Gasteiger partial charge is 0.233 e. The largest absolute Gasteiger partial charge is 0.355 e. The molecule has 2 aliphatic carbocycles. The number of rotatable bonds is 5. The zero-order valence-electron chi connectivity index (χ0n) is 17.6. The van der Waals surface area contributed by atoms with Crippen LogP contribution < -0.4 is 10.6 Å². The highest BCUT2D eigenvalue weighted by molar-refractivity contribution is 14.0. The highest BCUT2D eigenvalue weighted by Gasteiger charge is 2.58. The van der Waals surface area contributed by atoms with Gasteiger partial charge in [-0.15, -0.1) is 24.0 Å². The molecule has 31 heavy (non-hydrogen) atoms. The van der Waals surface area contributed by atoms with Gasteiger partial charge >= 0.3 is 0 Å². The van der Waals surface area contributed by atoms with Crippen LogP contribution >= 0.6 is 24.0 Å². The number of carbonyl (C=O) groups excluding carboxylic acids is 2. The normalized spacial score (nSPS) is 26.5. The van der Waals surface area contributed by atoms with E-state index in [2.05, 4.69) is 37.2 Å². The Labute approximate surface area is 198 Å². The van der Waals surface area contributed by atoms with E-state index in [1.165, 1.54) is 4.90 Å². The molecule has 4 atom stereocenters. The summed E-state index contributed by atoms with van der Waals surface area (Å²) in [5.41, 5.74) is 2.95. The highest BCUT2D eigenvalue weighted by atomic mass is 127. The molecule has 8 nitrogen and oxygen atoms in total. The molecular weight excluding hydrogens is 507 g/mol. The van der Waals surface area contributed by atoms with Crippen molar-refractivity contribution in [1.29, 1.82) is 0 Å². The number of hydrogen-bond donors (Lipinski definition) is 2. The van der Waals surface area contributed by atoms with Gasteiger partial charge in [-0.1, -0.05) is 18.2 Å². The standard InChI is InChI=1S/C22H26N6O2.HI/c1-13-4-3-5-17-26-16(12-28(13)17)11-25-22(23-2)24-8-9-27-20(29)18-14-6-7-15(10-14)19(18)21(27)30;/h3-7,12,14-15,18-19H,8-11H2,1-2H3,(H2,23,24,25);1H. The predicted octanol–water partition coefficient (Wildman–Crippen LogP) is 1.73. The van der Waals surface area contributed by atoms with Gasteiger partial charge in [-0.25, -0.2) is 4.98 Å². The Morgan fingerprint density at radius 3 is 2.52 bits per heavy atom. The molecule has 2 amide bonds. The van der Waals surface area contributed by atoms with Gasteiger partial charge in [0.15, 0.2) is 5.96 Å². The molecule has 9 heteroatoms. The molecule has 1 saturated heterocycles. The van der Waals surface area contributed by atoms with Crippen LogP contribution in [0.2, 0.25) is 0 Å². The van der Waals surface area contributed by atoms with E-state index in [0.29, 0.717) is 25.6 Å². The van der Waals surface area contributed by atoms with E-state index in [1.807, 2.05) is 31.3 Å². The first-order valence-corrected chi connectivity index (χ1v) is 10.5. The van der Waals surface area contributed by atoms with Gasteiger partial charge < -0.3 is 15.0 Å². The highest BCUT2D eigenvalue weighted by Crippen LogP contribution is 2.52. The van der Waals surface area contributed by atoms with Crippen LogP contribution in [0.5, 0.6) is 0 Å². The minimum atomic E-state index is -0.136. The minimum absolute atomic E-state index is 0. The van der Waals surface area contributed by atoms with Crippen molar-refractivity contribution in [2.75, 3.05) is 20.1 Å². The number of nitrogens with one attached hydrogen (secondary N) is 2. The van der Waals surface area contributed by atoms with Crippen molar-refractivity contribution >= 4 is 47.4 Å². The number of aliphatic imine (C=N–C) groups is 1. The zero-order valence-corrected chi connectivity index (χ0v) is 19.9. The fraction of sp³-hybridized carbons (Fsp3) is 0.455. The molecule has 4 unspecified atom stereocenters. The number of aryl methyl sites for hydroxylation is 1. The molecule has 2 aromatic heterocycles. The van der Waals surface area contributed by atoms with Crippen molar-refractivity contribution in [2.45, 2.75) is 19.9 Å². The van der Waals surface area contributed by atoms with Crippen LogP contribution in [0.1, 0.15) is 17.8 Å². The average Bonchev–Trinajstić information content (AvgIpc) is 3.50. The summed E-state index contributed by atoms with van der Waals surface area (Å²) < 4.78 is 2.05. The van der Waals surface area contributed by atoms with E-state index in [1.54, 1.807) is 7.05 Å². The van der Waals surface area contributed by atoms with Gasteiger partial charge in [0.05, 0.1) is 24.1 Å². The monoisotopic (exact) mass is 534 g/mol. The maximum atomic E-state index is 12.7. The van der Waals surface area contributed by atoms with E-state index in [0.717, 1.165) is 23.5 Å². The molecule has 1 aliphatic heterocycles. The number of likely N-dealkylation sites (tertiary alicyclic amines) is 1. The van der Waals surface area contributed by atoms with E-state index in [9.17, 15) is 9.59 Å². The first-order valence-electron chi connectivity index (χ1n) is 10.5. The minimum Gasteiger partial charge on any atom is -0.355 e. The third-order valence-corrected chi connectivity index (χ3v) is 6.60. The quantitative estimate of drug-likeness (QED) is 0.201. The summed E-state index contributed by atoms with van der Waals surface area (Å²) in [6.07, 6.45) is 7.20. The van der Waals surface area contributed by atoms with Crippen molar-refractivity contribution in [3.05, 3.63) is 47.9 Å². The first-order chi connectivity index (χ1) is 14.6. The summed E-state index contributed by atoms with van der Waals surface area (Å²) in [7, 11) is 1.70. The molecule has 0 radical (unpaired) electrons. The van der Waals surface area contributed by atoms with Crippen LogP contribution in [-0.2, 0) is 16.1 Å². The third-order valence-electron chi connectivity index (χ3n) is 6.60. The molecule has 0 aromatic carbocycles. The Morgan fingerprint density at radius 1 is 1.16 bits per heavy atom. The SMILES string of the molecule is CN=C(NCCN1C(=O)C2C3C=CC(C3)C2C1=O)NCc1cn2c(C)cccc2n1.I. The molecule has 2 fully saturated rings. The number of amides is 2. The predicted molar refractivity (Wildman–Crippen MR) is 128 cm³/mol. The molecule has 2 bridgehead atoms. The summed E-state index contributed by atoms with van der Waals surface area (Å²) in [5, 5.41) is 6.44. The number of guanidine groups is 1. The number of allylic oxidation sites excluding steroid dienone is 2. The lowest BCUT2D eigenvalue weighted by atomic mass is 9.85. The van der Waals surface area contributed by atoms with E-state index in [4.69, 9.17) is 0 Å². The number of carbonyl (C=O) groups is 2. The molecule has 5 rings (SSSR count). The molecule has 3 heterocycles. The molecule has 0 spiro atoms. The van der Waals surface area contributed by atoms with Gasteiger partial charge in [-0.2, -0.15) is 0 Å². The fourth-order valence-corrected chi connectivity index (χ4v) is 5.15. The van der Waals surface area contributed by atoms with Crippen LogP contribution in [0, 0.1) is 30.6 Å². The second-order valence-electron chi connectivity index (χ2n) is 8.31. The summed E-state index contributed by atoms with van der Waals surface area (Å²) in [6, 6.07) is 6.01. The third kappa shape index (κ3) is 3.72. The molecule has 2 N–H and O–H groups in total.